The van der Waals surface area contributed by atoms with Crippen molar-refractivity contribution in [3.63, 3.8) is 0 Å². The van der Waals surface area contributed by atoms with Gasteiger partial charge in [0.2, 0.25) is 0 Å². The van der Waals surface area contributed by atoms with E-state index in [0.29, 0.717) is 25.3 Å². The topological polar surface area (TPSA) is 38.8 Å². The Morgan fingerprint density at radius 1 is 1.52 bits per heavy atom. The molecule has 0 spiro atoms. The summed E-state index contributed by atoms with van der Waals surface area (Å²) in [5.74, 6) is -0.670. The molecule has 3 rings (SSSR count). The lowest BCUT2D eigenvalue weighted by atomic mass is 10.1. The Hall–Kier alpha value is -1.43. The fourth-order valence-electron chi connectivity index (χ4n) is 3.33. The molecule has 1 heterocycles. The van der Waals surface area contributed by atoms with Crippen LogP contribution in [0.4, 0.5) is 4.39 Å². The number of carbonyl (C=O) groups excluding carboxylic acids is 1. The third-order valence-electron chi connectivity index (χ3n) is 4.39. The molecule has 124 valence electrons. The first-order valence-electron chi connectivity index (χ1n) is 7.72. The molecule has 0 aromatic heterocycles. The SMILES string of the molecule is C=CCO[C@@H]1CC[C@@H]2[C@@H]1OCCN2C(=O)c1ccc(F)c(Cl)c1. The van der Waals surface area contributed by atoms with E-state index in [4.69, 9.17) is 21.1 Å². The minimum absolute atomic E-state index is 0.0186. The molecule has 23 heavy (non-hydrogen) atoms. The zero-order chi connectivity index (χ0) is 16.4. The van der Waals surface area contributed by atoms with Crippen LogP contribution in [0.15, 0.2) is 30.9 Å². The maximum absolute atomic E-state index is 13.3. The molecule has 1 amide bonds. The van der Waals surface area contributed by atoms with Gasteiger partial charge in [0.1, 0.15) is 11.9 Å². The molecule has 0 N–H and O–H groups in total. The second-order valence-electron chi connectivity index (χ2n) is 5.77. The number of rotatable bonds is 4. The van der Waals surface area contributed by atoms with Crippen molar-refractivity contribution in [1.29, 1.82) is 0 Å². The van der Waals surface area contributed by atoms with Crippen molar-refractivity contribution >= 4 is 17.5 Å². The fraction of sp³-hybridized carbons (Fsp3) is 0.471. The Balaban J connectivity index is 1.76. The highest BCUT2D eigenvalue weighted by Gasteiger charge is 2.45. The number of nitrogens with zero attached hydrogens (tertiary/aromatic N) is 1. The van der Waals surface area contributed by atoms with Crippen molar-refractivity contribution in [3.05, 3.63) is 47.3 Å². The maximum Gasteiger partial charge on any atom is 0.254 e. The summed E-state index contributed by atoms with van der Waals surface area (Å²) in [7, 11) is 0. The average molecular weight is 340 g/mol. The zero-order valence-corrected chi connectivity index (χ0v) is 13.5. The molecule has 1 aliphatic heterocycles. The van der Waals surface area contributed by atoms with Gasteiger partial charge in [-0.3, -0.25) is 4.79 Å². The number of morpholine rings is 1. The van der Waals surface area contributed by atoms with Crippen LogP contribution in [0.25, 0.3) is 0 Å². The zero-order valence-electron chi connectivity index (χ0n) is 12.7. The van der Waals surface area contributed by atoms with E-state index in [1.807, 2.05) is 0 Å². The predicted octanol–water partition coefficient (Wildman–Crippen LogP) is 3.05. The summed E-state index contributed by atoms with van der Waals surface area (Å²) in [6.45, 7) is 5.11. The number of fused-ring (bicyclic) bond motifs is 1. The first-order valence-corrected chi connectivity index (χ1v) is 8.09. The maximum atomic E-state index is 13.3. The average Bonchev–Trinajstić information content (AvgIpc) is 2.98. The van der Waals surface area contributed by atoms with Gasteiger partial charge in [-0.2, -0.15) is 0 Å². The van der Waals surface area contributed by atoms with Gasteiger partial charge in [0.05, 0.1) is 30.4 Å². The van der Waals surface area contributed by atoms with Gasteiger partial charge in [0.25, 0.3) is 5.91 Å². The van der Waals surface area contributed by atoms with Crippen LogP contribution < -0.4 is 0 Å². The van der Waals surface area contributed by atoms with Crippen LogP contribution in [0.3, 0.4) is 0 Å². The van der Waals surface area contributed by atoms with Crippen molar-refractivity contribution in [2.75, 3.05) is 19.8 Å². The molecule has 6 heteroatoms. The van der Waals surface area contributed by atoms with E-state index in [-0.39, 0.29) is 29.2 Å². The highest BCUT2D eigenvalue weighted by atomic mass is 35.5. The van der Waals surface area contributed by atoms with Crippen LogP contribution >= 0.6 is 11.6 Å². The Morgan fingerprint density at radius 3 is 3.09 bits per heavy atom. The van der Waals surface area contributed by atoms with Crippen molar-refractivity contribution in [2.45, 2.75) is 31.1 Å². The molecule has 3 atom stereocenters. The smallest absolute Gasteiger partial charge is 0.254 e. The van der Waals surface area contributed by atoms with Crippen LogP contribution in [0.2, 0.25) is 5.02 Å². The van der Waals surface area contributed by atoms with E-state index in [2.05, 4.69) is 6.58 Å². The molecule has 2 aliphatic rings. The Labute approximate surface area is 139 Å². The quantitative estimate of drug-likeness (QED) is 0.791. The molecular formula is C17H19ClFNO3. The molecule has 1 saturated carbocycles. The number of benzene rings is 1. The van der Waals surface area contributed by atoms with E-state index in [0.717, 1.165) is 12.8 Å². The highest BCUT2D eigenvalue weighted by molar-refractivity contribution is 6.31. The molecule has 1 aliphatic carbocycles. The minimum Gasteiger partial charge on any atom is -0.372 e. The van der Waals surface area contributed by atoms with Gasteiger partial charge in [-0.25, -0.2) is 4.39 Å². The fourth-order valence-corrected chi connectivity index (χ4v) is 3.51. The molecule has 0 radical (unpaired) electrons. The molecule has 1 aromatic carbocycles. The van der Waals surface area contributed by atoms with Crippen LogP contribution in [0, 0.1) is 5.82 Å². The van der Waals surface area contributed by atoms with Gasteiger partial charge >= 0.3 is 0 Å². The summed E-state index contributed by atoms with van der Waals surface area (Å²) < 4.78 is 24.9. The number of hydrogen-bond acceptors (Lipinski definition) is 3. The van der Waals surface area contributed by atoms with E-state index >= 15 is 0 Å². The number of carbonyl (C=O) groups is 1. The Kier molecular flexibility index (Phi) is 4.99. The standard InChI is InChI=1S/C17H19ClFNO3/c1-2-8-22-15-6-5-14-16(15)23-9-7-20(14)17(21)11-3-4-13(19)12(18)10-11/h2-4,10,14-16H,1,5-9H2/t14-,15-,16+/m1/s1. The lowest BCUT2D eigenvalue weighted by molar-refractivity contribution is -0.100. The Morgan fingerprint density at radius 2 is 2.35 bits per heavy atom. The molecule has 4 nitrogen and oxygen atoms in total. The van der Waals surface area contributed by atoms with E-state index in [9.17, 15) is 9.18 Å². The lowest BCUT2D eigenvalue weighted by Crippen LogP contribution is -2.53. The molecular weight excluding hydrogens is 321 g/mol. The number of halogens is 2. The van der Waals surface area contributed by atoms with Crippen molar-refractivity contribution in [2.24, 2.45) is 0 Å². The van der Waals surface area contributed by atoms with E-state index in [1.165, 1.54) is 18.2 Å². The predicted molar refractivity (Wildman–Crippen MR) is 85.1 cm³/mol. The third kappa shape index (κ3) is 3.27. The first-order chi connectivity index (χ1) is 11.1. The van der Waals surface area contributed by atoms with Crippen molar-refractivity contribution < 1.29 is 18.7 Å². The van der Waals surface area contributed by atoms with Crippen LogP contribution in [0.1, 0.15) is 23.2 Å². The Bertz CT molecular complexity index is 610. The molecule has 0 bridgehead atoms. The molecule has 1 saturated heterocycles. The number of hydrogen-bond donors (Lipinski definition) is 0. The van der Waals surface area contributed by atoms with Gasteiger partial charge in [-0.1, -0.05) is 17.7 Å². The molecule has 2 fully saturated rings. The first kappa shape index (κ1) is 16.4. The number of ether oxygens (including phenoxy) is 2. The minimum atomic E-state index is -0.526. The normalized spacial score (nSPS) is 26.9. The second-order valence-corrected chi connectivity index (χ2v) is 6.18. The van der Waals surface area contributed by atoms with Crippen LogP contribution in [0.5, 0.6) is 0 Å². The number of amides is 1. The van der Waals surface area contributed by atoms with Gasteiger partial charge in [-0.15, -0.1) is 6.58 Å². The summed E-state index contributed by atoms with van der Waals surface area (Å²) in [6.07, 6.45) is 3.23. The molecule has 0 unspecified atom stereocenters. The van der Waals surface area contributed by atoms with E-state index < -0.39 is 5.82 Å². The largest absolute Gasteiger partial charge is 0.372 e. The summed E-state index contributed by atoms with van der Waals surface area (Å²) in [5.41, 5.74) is 0.396. The van der Waals surface area contributed by atoms with Crippen molar-refractivity contribution in [1.82, 2.24) is 4.90 Å². The van der Waals surface area contributed by atoms with Crippen LogP contribution in [-0.2, 0) is 9.47 Å². The third-order valence-corrected chi connectivity index (χ3v) is 4.68. The van der Waals surface area contributed by atoms with Gasteiger partial charge in [0, 0.05) is 12.1 Å². The summed E-state index contributed by atoms with van der Waals surface area (Å²) in [4.78, 5) is 14.6. The summed E-state index contributed by atoms with van der Waals surface area (Å²) in [5, 5.41) is -0.0423. The van der Waals surface area contributed by atoms with Crippen molar-refractivity contribution in [3.8, 4) is 0 Å². The van der Waals surface area contributed by atoms with Gasteiger partial charge in [-0.05, 0) is 31.0 Å². The molecule has 1 aromatic rings. The van der Waals surface area contributed by atoms with Gasteiger partial charge in [0.15, 0.2) is 0 Å². The second kappa shape index (κ2) is 6.99. The van der Waals surface area contributed by atoms with Crippen LogP contribution in [-0.4, -0.2) is 48.8 Å². The van der Waals surface area contributed by atoms with E-state index in [1.54, 1.807) is 11.0 Å². The highest BCUT2D eigenvalue weighted by Crippen LogP contribution is 2.33. The summed E-state index contributed by atoms with van der Waals surface area (Å²) in [6, 6.07) is 4.05. The lowest BCUT2D eigenvalue weighted by Gasteiger charge is -2.39. The van der Waals surface area contributed by atoms with Gasteiger partial charge < -0.3 is 14.4 Å². The monoisotopic (exact) mass is 339 g/mol. The summed E-state index contributed by atoms with van der Waals surface area (Å²) >= 11 is 5.79.